The van der Waals surface area contributed by atoms with Crippen molar-refractivity contribution >= 4 is 40.8 Å². The molecular formula is C12H13Cl2N3O2. The quantitative estimate of drug-likeness (QED) is 0.799. The Bertz CT molecular complexity index is 504. The second-order valence-corrected chi connectivity index (χ2v) is 5.12. The number of hydrogen-bond donors (Lipinski definition) is 3. The lowest BCUT2D eigenvalue weighted by Gasteiger charge is -2.09. The second-order valence-electron chi connectivity index (χ2n) is 4.27. The normalized spacial score (nSPS) is 13.8. The van der Waals surface area contributed by atoms with E-state index in [0.29, 0.717) is 15.7 Å². The number of hydrogen-bond acceptors (Lipinski definition) is 2. The average molecular weight is 302 g/mol. The lowest BCUT2D eigenvalue weighted by atomic mass is 10.3. The Morgan fingerprint density at radius 1 is 1.26 bits per heavy atom. The van der Waals surface area contributed by atoms with Crippen molar-refractivity contribution in [3.05, 3.63) is 28.2 Å². The van der Waals surface area contributed by atoms with E-state index in [-0.39, 0.29) is 24.5 Å². The van der Waals surface area contributed by atoms with E-state index in [0.717, 1.165) is 12.8 Å². The van der Waals surface area contributed by atoms with Gasteiger partial charge in [-0.2, -0.15) is 0 Å². The highest BCUT2D eigenvalue weighted by molar-refractivity contribution is 6.36. The highest BCUT2D eigenvalue weighted by Gasteiger charge is 2.23. The van der Waals surface area contributed by atoms with E-state index in [1.807, 2.05) is 0 Å². The first-order valence-electron chi connectivity index (χ1n) is 5.84. The molecule has 0 unspecified atom stereocenters. The van der Waals surface area contributed by atoms with E-state index in [1.165, 1.54) is 6.07 Å². The van der Waals surface area contributed by atoms with Gasteiger partial charge in [-0.3, -0.25) is 4.79 Å². The molecular weight excluding hydrogens is 289 g/mol. The van der Waals surface area contributed by atoms with Crippen LogP contribution in [0.4, 0.5) is 10.5 Å². The molecule has 1 aliphatic carbocycles. The summed E-state index contributed by atoms with van der Waals surface area (Å²) >= 11 is 11.7. The number of carbonyl (C=O) groups excluding carboxylic acids is 2. The Morgan fingerprint density at radius 3 is 2.63 bits per heavy atom. The lowest BCUT2D eigenvalue weighted by molar-refractivity contribution is -0.115. The fourth-order valence-electron chi connectivity index (χ4n) is 1.41. The van der Waals surface area contributed by atoms with Crippen LogP contribution in [0, 0.1) is 0 Å². The Hall–Kier alpha value is -1.46. The van der Waals surface area contributed by atoms with Crippen LogP contribution < -0.4 is 16.0 Å². The number of urea groups is 1. The van der Waals surface area contributed by atoms with Gasteiger partial charge in [0, 0.05) is 11.1 Å². The number of benzene rings is 1. The number of anilines is 1. The molecule has 1 aliphatic rings. The fraction of sp³-hybridized carbons (Fsp3) is 0.333. The second kappa shape index (κ2) is 6.12. The van der Waals surface area contributed by atoms with Crippen molar-refractivity contribution < 1.29 is 9.59 Å². The molecule has 0 aromatic heterocycles. The van der Waals surface area contributed by atoms with Crippen LogP contribution in [0.15, 0.2) is 18.2 Å². The van der Waals surface area contributed by atoms with E-state index in [1.54, 1.807) is 12.1 Å². The highest BCUT2D eigenvalue weighted by atomic mass is 35.5. The minimum absolute atomic E-state index is 0.114. The number of nitrogens with one attached hydrogen (secondary N) is 3. The van der Waals surface area contributed by atoms with Crippen LogP contribution in [0.5, 0.6) is 0 Å². The van der Waals surface area contributed by atoms with Gasteiger partial charge in [-0.15, -0.1) is 0 Å². The molecule has 19 heavy (non-hydrogen) atoms. The maximum Gasteiger partial charge on any atom is 0.315 e. The molecule has 0 bridgehead atoms. The predicted octanol–water partition coefficient (Wildman–Crippen LogP) is 2.39. The van der Waals surface area contributed by atoms with Crippen molar-refractivity contribution in [2.75, 3.05) is 11.9 Å². The SMILES string of the molecule is O=C(CNC(=O)NC1CC1)Nc1ccc(Cl)cc1Cl. The van der Waals surface area contributed by atoms with Crippen LogP contribution in [-0.4, -0.2) is 24.5 Å². The van der Waals surface area contributed by atoms with Crippen LogP contribution in [0.2, 0.25) is 10.0 Å². The molecule has 102 valence electrons. The van der Waals surface area contributed by atoms with Crippen molar-refractivity contribution in [3.63, 3.8) is 0 Å². The summed E-state index contributed by atoms with van der Waals surface area (Å²) in [5.74, 6) is -0.352. The van der Waals surface area contributed by atoms with Crippen molar-refractivity contribution in [1.29, 1.82) is 0 Å². The molecule has 5 nitrogen and oxygen atoms in total. The van der Waals surface area contributed by atoms with Crippen LogP contribution in [0.3, 0.4) is 0 Å². The molecule has 0 saturated heterocycles. The van der Waals surface area contributed by atoms with Gasteiger partial charge in [0.15, 0.2) is 0 Å². The largest absolute Gasteiger partial charge is 0.335 e. The smallest absolute Gasteiger partial charge is 0.315 e. The first-order chi connectivity index (χ1) is 9.04. The minimum atomic E-state index is -0.352. The first-order valence-corrected chi connectivity index (χ1v) is 6.59. The summed E-state index contributed by atoms with van der Waals surface area (Å²) in [6.07, 6.45) is 2.00. The van der Waals surface area contributed by atoms with Gasteiger partial charge in [0.25, 0.3) is 0 Å². The van der Waals surface area contributed by atoms with Crippen LogP contribution >= 0.6 is 23.2 Å². The minimum Gasteiger partial charge on any atom is -0.335 e. The number of carbonyl (C=O) groups is 2. The molecule has 3 amide bonds. The third-order valence-electron chi connectivity index (χ3n) is 2.53. The molecule has 0 spiro atoms. The molecule has 1 saturated carbocycles. The van der Waals surface area contributed by atoms with Crippen LogP contribution in [0.25, 0.3) is 0 Å². The van der Waals surface area contributed by atoms with E-state index < -0.39 is 0 Å². The van der Waals surface area contributed by atoms with Gasteiger partial charge in [-0.05, 0) is 31.0 Å². The Morgan fingerprint density at radius 2 is 2.00 bits per heavy atom. The van der Waals surface area contributed by atoms with Gasteiger partial charge in [-0.25, -0.2) is 4.79 Å². The monoisotopic (exact) mass is 301 g/mol. The zero-order valence-electron chi connectivity index (χ0n) is 10.0. The zero-order valence-corrected chi connectivity index (χ0v) is 11.5. The number of halogens is 2. The van der Waals surface area contributed by atoms with E-state index >= 15 is 0 Å². The summed E-state index contributed by atoms with van der Waals surface area (Å²) in [6, 6.07) is 4.68. The van der Waals surface area contributed by atoms with Gasteiger partial charge in [-0.1, -0.05) is 23.2 Å². The Balaban J connectivity index is 1.78. The van der Waals surface area contributed by atoms with Crippen molar-refractivity contribution in [1.82, 2.24) is 10.6 Å². The van der Waals surface area contributed by atoms with E-state index in [9.17, 15) is 9.59 Å². The standard InChI is InChI=1S/C12H13Cl2N3O2/c13-7-1-4-10(9(14)5-7)17-11(18)6-15-12(19)16-8-2-3-8/h1,4-5,8H,2-3,6H2,(H,17,18)(H2,15,16,19). The molecule has 0 radical (unpaired) electrons. The zero-order chi connectivity index (χ0) is 13.8. The summed E-state index contributed by atoms with van der Waals surface area (Å²) in [5, 5.41) is 8.62. The summed E-state index contributed by atoms with van der Waals surface area (Å²) < 4.78 is 0. The van der Waals surface area contributed by atoms with Crippen molar-refractivity contribution in [3.8, 4) is 0 Å². The summed E-state index contributed by atoms with van der Waals surface area (Å²) in [7, 11) is 0. The first kappa shape index (κ1) is 14.0. The topological polar surface area (TPSA) is 70.2 Å². The summed E-state index contributed by atoms with van der Waals surface area (Å²) in [6.45, 7) is -0.114. The van der Waals surface area contributed by atoms with Gasteiger partial charge in [0.05, 0.1) is 17.3 Å². The van der Waals surface area contributed by atoms with Gasteiger partial charge in [0.1, 0.15) is 0 Å². The Kier molecular flexibility index (Phi) is 4.50. The third kappa shape index (κ3) is 4.61. The van der Waals surface area contributed by atoms with Crippen LogP contribution in [-0.2, 0) is 4.79 Å². The maximum atomic E-state index is 11.6. The van der Waals surface area contributed by atoms with Gasteiger partial charge >= 0.3 is 6.03 Å². The van der Waals surface area contributed by atoms with Crippen LogP contribution in [0.1, 0.15) is 12.8 Å². The predicted molar refractivity (Wildman–Crippen MR) is 74.6 cm³/mol. The average Bonchev–Trinajstić information content (AvgIpc) is 3.14. The molecule has 0 heterocycles. The molecule has 7 heteroatoms. The summed E-state index contributed by atoms with van der Waals surface area (Å²) in [5.41, 5.74) is 0.459. The molecule has 1 aromatic rings. The molecule has 1 aromatic carbocycles. The molecule has 0 aliphatic heterocycles. The van der Waals surface area contributed by atoms with Gasteiger partial charge < -0.3 is 16.0 Å². The molecule has 2 rings (SSSR count). The van der Waals surface area contributed by atoms with Crippen molar-refractivity contribution in [2.45, 2.75) is 18.9 Å². The van der Waals surface area contributed by atoms with Crippen molar-refractivity contribution in [2.24, 2.45) is 0 Å². The van der Waals surface area contributed by atoms with E-state index in [4.69, 9.17) is 23.2 Å². The summed E-state index contributed by atoms with van der Waals surface area (Å²) in [4.78, 5) is 22.9. The maximum absolute atomic E-state index is 11.6. The Labute approximate surface area is 120 Å². The lowest BCUT2D eigenvalue weighted by Crippen LogP contribution is -2.40. The highest BCUT2D eigenvalue weighted by Crippen LogP contribution is 2.25. The third-order valence-corrected chi connectivity index (χ3v) is 3.08. The number of rotatable bonds is 4. The van der Waals surface area contributed by atoms with Gasteiger partial charge in [0.2, 0.25) is 5.91 Å². The molecule has 3 N–H and O–H groups in total. The fourth-order valence-corrected chi connectivity index (χ4v) is 1.87. The molecule has 1 fully saturated rings. The number of amides is 3. The molecule has 0 atom stereocenters. The van der Waals surface area contributed by atoms with E-state index in [2.05, 4.69) is 16.0 Å².